The molecular weight excluding hydrogens is 352 g/mol. The van der Waals surface area contributed by atoms with Gasteiger partial charge in [-0.1, -0.05) is 5.16 Å². The number of aromatic nitrogens is 1. The first-order valence-corrected chi connectivity index (χ1v) is 8.02. The molecule has 10 nitrogen and oxygen atoms in total. The molecule has 0 spiro atoms. The van der Waals surface area contributed by atoms with E-state index >= 15 is 0 Å². The fraction of sp³-hybridized carbons (Fsp3) is 0.500. The molecule has 1 atom stereocenters. The Balaban J connectivity index is 2.70. The van der Waals surface area contributed by atoms with Crippen molar-refractivity contribution in [3.05, 3.63) is 11.1 Å². The molecule has 0 aromatic carbocycles. The van der Waals surface area contributed by atoms with Crippen LogP contribution in [0.15, 0.2) is 10.5 Å². The van der Waals surface area contributed by atoms with Crippen molar-refractivity contribution in [1.82, 2.24) is 10.3 Å². The number of hydrogen-bond donors (Lipinski definition) is 3. The quantitative estimate of drug-likeness (QED) is 0.507. The Kier molecular flexibility index (Phi) is 6.86. The van der Waals surface area contributed by atoms with E-state index in [0.717, 1.165) is 11.3 Å². The number of hydrogen-bond acceptors (Lipinski definition) is 8. The van der Waals surface area contributed by atoms with E-state index in [4.69, 9.17) is 9.84 Å². The number of aliphatic carboxylic acids is 1. The molecule has 1 aromatic rings. The van der Waals surface area contributed by atoms with Crippen LogP contribution in [-0.4, -0.2) is 52.5 Å². The molecule has 0 bridgehead atoms. The maximum atomic E-state index is 12.1. The number of anilines is 1. The lowest BCUT2D eigenvalue weighted by Gasteiger charge is -2.21. The largest absolute Gasteiger partial charge is 0.476 e. The van der Waals surface area contributed by atoms with Gasteiger partial charge in [0, 0.05) is 5.38 Å². The molecule has 25 heavy (non-hydrogen) atoms. The highest BCUT2D eigenvalue weighted by Crippen LogP contribution is 2.17. The minimum Gasteiger partial charge on any atom is -0.476 e. The Hall–Kier alpha value is -2.69. The van der Waals surface area contributed by atoms with Crippen molar-refractivity contribution in [1.29, 1.82) is 0 Å². The van der Waals surface area contributed by atoms with Gasteiger partial charge in [0.25, 0.3) is 0 Å². The number of carbonyl (C=O) groups excluding carboxylic acids is 2. The smallest absolute Gasteiger partial charge is 0.408 e. The van der Waals surface area contributed by atoms with Gasteiger partial charge in [-0.05, 0) is 27.7 Å². The van der Waals surface area contributed by atoms with Gasteiger partial charge >= 0.3 is 12.1 Å². The van der Waals surface area contributed by atoms with Crippen LogP contribution < -0.4 is 10.6 Å². The van der Waals surface area contributed by atoms with E-state index in [1.54, 1.807) is 20.8 Å². The molecule has 0 fully saturated rings. The summed E-state index contributed by atoms with van der Waals surface area (Å²) < 4.78 is 5.06. The van der Waals surface area contributed by atoms with Gasteiger partial charge in [-0.3, -0.25) is 4.79 Å². The van der Waals surface area contributed by atoms with Gasteiger partial charge in [0.15, 0.2) is 5.13 Å². The number of ether oxygens (including phenoxy) is 1. The molecule has 11 heteroatoms. The number of carboxylic acid groups (broad SMARTS) is 1. The topological polar surface area (TPSA) is 139 Å². The Bertz CT molecular complexity index is 679. The third kappa shape index (κ3) is 6.75. The zero-order chi connectivity index (χ0) is 19.2. The van der Waals surface area contributed by atoms with Crippen molar-refractivity contribution in [3.63, 3.8) is 0 Å². The van der Waals surface area contributed by atoms with Crippen molar-refractivity contribution < 1.29 is 29.1 Å². The van der Waals surface area contributed by atoms with Crippen LogP contribution in [0, 0.1) is 0 Å². The summed E-state index contributed by atoms with van der Waals surface area (Å²) in [4.78, 5) is 43.2. The van der Waals surface area contributed by atoms with Crippen LogP contribution in [0.1, 0.15) is 33.4 Å². The lowest BCUT2D eigenvalue weighted by molar-refractivity contribution is -0.129. The molecule has 0 aliphatic heterocycles. The molecule has 0 unspecified atom stereocenters. The number of carbonyl (C=O) groups is 3. The molecule has 1 rings (SSSR count). The standard InChI is InChI=1S/C14H20N4O6S/c1-7(15-13(22)24-14(2,3)4)10(19)17-12-16-8(6-25-12)9(11(20)21)18-23-5/h6-7H,1-5H3,(H,15,22)(H,20,21)(H,16,17,19)/b18-9-/t7-/m1/s1. The van der Waals surface area contributed by atoms with Gasteiger partial charge in [0.2, 0.25) is 11.6 Å². The summed E-state index contributed by atoms with van der Waals surface area (Å²) in [6, 6.07) is -0.881. The van der Waals surface area contributed by atoms with Crippen LogP contribution in [-0.2, 0) is 19.2 Å². The number of carboxylic acids is 1. The van der Waals surface area contributed by atoms with Gasteiger partial charge in [0.05, 0.1) is 0 Å². The van der Waals surface area contributed by atoms with Gasteiger partial charge in [-0.2, -0.15) is 0 Å². The lowest BCUT2D eigenvalue weighted by Crippen LogP contribution is -2.43. The van der Waals surface area contributed by atoms with Crippen LogP contribution in [0.4, 0.5) is 9.93 Å². The van der Waals surface area contributed by atoms with E-state index < -0.39 is 29.6 Å². The molecule has 0 radical (unpaired) electrons. The highest BCUT2D eigenvalue weighted by atomic mass is 32.1. The average Bonchev–Trinajstić information content (AvgIpc) is 2.90. The van der Waals surface area contributed by atoms with Gasteiger partial charge in [-0.25, -0.2) is 14.6 Å². The Labute approximate surface area is 148 Å². The summed E-state index contributed by atoms with van der Waals surface area (Å²) in [6.45, 7) is 6.59. The molecule has 0 aliphatic rings. The first-order chi connectivity index (χ1) is 11.5. The summed E-state index contributed by atoms with van der Waals surface area (Å²) in [5, 5.41) is 18.8. The number of thiazole rings is 1. The van der Waals surface area contributed by atoms with Crippen LogP contribution in [0.25, 0.3) is 0 Å². The highest BCUT2D eigenvalue weighted by Gasteiger charge is 2.22. The molecular formula is C14H20N4O6S. The van der Waals surface area contributed by atoms with Crippen LogP contribution in [0.2, 0.25) is 0 Å². The third-order valence-corrected chi connectivity index (χ3v) is 3.25. The molecule has 138 valence electrons. The maximum absolute atomic E-state index is 12.1. The van der Waals surface area contributed by atoms with Gasteiger partial charge < -0.3 is 25.3 Å². The van der Waals surface area contributed by atoms with E-state index in [2.05, 4.69) is 25.6 Å². The van der Waals surface area contributed by atoms with Crippen LogP contribution >= 0.6 is 11.3 Å². The fourth-order valence-electron chi connectivity index (χ4n) is 1.49. The van der Waals surface area contributed by atoms with Crippen molar-refractivity contribution in [2.45, 2.75) is 39.3 Å². The summed E-state index contributed by atoms with van der Waals surface area (Å²) in [7, 11) is 1.21. The number of nitrogens with zero attached hydrogens (tertiary/aromatic N) is 2. The fourth-order valence-corrected chi connectivity index (χ4v) is 2.19. The Morgan fingerprint density at radius 3 is 2.52 bits per heavy atom. The SMILES string of the molecule is CO/N=C(\C(=O)O)c1csc(NC(=O)[C@@H](C)NC(=O)OC(C)(C)C)n1. The van der Waals surface area contributed by atoms with Crippen molar-refractivity contribution in [2.24, 2.45) is 5.16 Å². The summed E-state index contributed by atoms with van der Waals surface area (Å²) in [6.07, 6.45) is -0.727. The second-order valence-corrected chi connectivity index (χ2v) is 6.68. The number of amides is 2. The van der Waals surface area contributed by atoms with Gasteiger partial charge in [-0.15, -0.1) is 11.3 Å². The first kappa shape index (κ1) is 20.4. The molecule has 1 heterocycles. The molecule has 0 aliphatic carbocycles. The van der Waals surface area contributed by atoms with Crippen molar-refractivity contribution >= 4 is 40.1 Å². The highest BCUT2D eigenvalue weighted by molar-refractivity contribution is 7.14. The van der Waals surface area contributed by atoms with Gasteiger partial charge in [0.1, 0.15) is 24.4 Å². The Morgan fingerprint density at radius 1 is 1.36 bits per heavy atom. The minimum atomic E-state index is -1.31. The lowest BCUT2D eigenvalue weighted by atomic mass is 10.2. The van der Waals surface area contributed by atoms with E-state index in [9.17, 15) is 14.4 Å². The first-order valence-electron chi connectivity index (χ1n) is 7.14. The maximum Gasteiger partial charge on any atom is 0.408 e. The third-order valence-electron chi connectivity index (χ3n) is 2.49. The normalized spacial score (nSPS) is 12.9. The zero-order valence-electron chi connectivity index (χ0n) is 14.4. The minimum absolute atomic E-state index is 0.0439. The zero-order valence-corrected chi connectivity index (χ0v) is 15.3. The molecule has 0 saturated carbocycles. The predicted octanol–water partition coefficient (Wildman–Crippen LogP) is 1.43. The number of rotatable bonds is 6. The van der Waals surface area contributed by atoms with E-state index in [-0.39, 0.29) is 16.5 Å². The number of nitrogens with one attached hydrogen (secondary N) is 2. The Morgan fingerprint density at radius 2 is 2.00 bits per heavy atom. The predicted molar refractivity (Wildman–Crippen MR) is 90.8 cm³/mol. The number of oxime groups is 1. The van der Waals surface area contributed by atoms with E-state index in [1.165, 1.54) is 19.4 Å². The molecule has 3 N–H and O–H groups in total. The molecule has 0 saturated heterocycles. The van der Waals surface area contributed by atoms with E-state index in [1.807, 2.05) is 0 Å². The molecule has 1 aromatic heterocycles. The van der Waals surface area contributed by atoms with Crippen LogP contribution in [0.3, 0.4) is 0 Å². The van der Waals surface area contributed by atoms with Crippen LogP contribution in [0.5, 0.6) is 0 Å². The van der Waals surface area contributed by atoms with E-state index in [0.29, 0.717) is 0 Å². The summed E-state index contributed by atoms with van der Waals surface area (Å²) in [5.41, 5.74) is -1.03. The second kappa shape index (κ2) is 8.42. The second-order valence-electron chi connectivity index (χ2n) is 5.82. The molecule has 2 amide bonds. The average molecular weight is 372 g/mol. The van der Waals surface area contributed by atoms with Crippen molar-refractivity contribution in [3.8, 4) is 0 Å². The monoisotopic (exact) mass is 372 g/mol. The summed E-state index contributed by atoms with van der Waals surface area (Å²) >= 11 is 1.01. The van der Waals surface area contributed by atoms with Crippen molar-refractivity contribution in [2.75, 3.05) is 12.4 Å². The number of alkyl carbamates (subject to hydrolysis) is 1. The summed E-state index contributed by atoms with van der Waals surface area (Å²) in [5.74, 6) is -1.85.